The summed E-state index contributed by atoms with van der Waals surface area (Å²) in [6.07, 6.45) is 0. The van der Waals surface area contributed by atoms with E-state index in [1.165, 1.54) is 28.0 Å². The van der Waals surface area contributed by atoms with Crippen molar-refractivity contribution in [1.82, 2.24) is 4.90 Å². The second-order valence-electron chi connectivity index (χ2n) is 8.37. The molecule has 1 aliphatic rings. The second kappa shape index (κ2) is 10.3. The fourth-order valence-electron chi connectivity index (χ4n) is 3.40. The maximum absolute atomic E-state index is 13.2. The van der Waals surface area contributed by atoms with E-state index in [-0.39, 0.29) is 29.3 Å². The van der Waals surface area contributed by atoms with Crippen molar-refractivity contribution in [2.45, 2.75) is 25.7 Å². The van der Waals surface area contributed by atoms with Crippen LogP contribution >= 0.6 is 23.1 Å². The largest absolute Gasteiger partial charge is 0.350 e. The minimum atomic E-state index is -0.318. The molecule has 0 saturated carbocycles. The van der Waals surface area contributed by atoms with Crippen LogP contribution in [0.25, 0.3) is 0 Å². The van der Waals surface area contributed by atoms with Crippen molar-refractivity contribution in [3.05, 3.63) is 87.1 Å². The van der Waals surface area contributed by atoms with Crippen molar-refractivity contribution in [2.24, 2.45) is 5.92 Å². The van der Waals surface area contributed by atoms with Crippen molar-refractivity contribution in [2.75, 3.05) is 17.2 Å². The Balaban J connectivity index is 1.56. The molecule has 0 aliphatic carbocycles. The highest BCUT2D eigenvalue weighted by Gasteiger charge is 2.39. The first kappa shape index (κ1) is 23.8. The average molecular weight is 492 g/mol. The van der Waals surface area contributed by atoms with E-state index in [0.717, 1.165) is 16.1 Å². The lowest BCUT2D eigenvalue weighted by atomic mass is 10.2. The lowest BCUT2D eigenvalue weighted by molar-refractivity contribution is -0.137. The molecule has 6 nitrogen and oxygen atoms in total. The van der Waals surface area contributed by atoms with Gasteiger partial charge in [-0.15, -0.1) is 11.3 Å². The van der Waals surface area contributed by atoms with E-state index >= 15 is 0 Å². The molecule has 34 heavy (non-hydrogen) atoms. The van der Waals surface area contributed by atoms with Crippen LogP contribution in [0.15, 0.2) is 81.5 Å². The minimum Gasteiger partial charge on any atom is -0.350 e. The normalized spacial score (nSPS) is 13.7. The first-order valence-corrected chi connectivity index (χ1v) is 12.6. The van der Waals surface area contributed by atoms with E-state index in [9.17, 15) is 14.4 Å². The molecular formula is C26H25N3O3S2. The highest BCUT2D eigenvalue weighted by atomic mass is 32.2. The van der Waals surface area contributed by atoms with Gasteiger partial charge in [-0.1, -0.05) is 49.4 Å². The molecule has 0 spiro atoms. The first-order chi connectivity index (χ1) is 16.3. The molecule has 0 atom stereocenters. The summed E-state index contributed by atoms with van der Waals surface area (Å²) in [4.78, 5) is 41.7. The van der Waals surface area contributed by atoms with Gasteiger partial charge < -0.3 is 10.6 Å². The van der Waals surface area contributed by atoms with Crippen molar-refractivity contribution >= 4 is 52.2 Å². The van der Waals surface area contributed by atoms with E-state index in [0.29, 0.717) is 22.0 Å². The van der Waals surface area contributed by atoms with Crippen LogP contribution in [0.5, 0.6) is 0 Å². The quantitative estimate of drug-likeness (QED) is 0.392. The zero-order valence-corrected chi connectivity index (χ0v) is 20.8. The molecule has 3 aromatic rings. The van der Waals surface area contributed by atoms with Gasteiger partial charge in [-0.25, -0.2) is 0 Å². The van der Waals surface area contributed by atoms with Gasteiger partial charge in [-0.05, 0) is 60.7 Å². The van der Waals surface area contributed by atoms with Gasteiger partial charge in [0.05, 0.1) is 4.88 Å². The van der Waals surface area contributed by atoms with Gasteiger partial charge in [-0.2, -0.15) is 0 Å². The molecule has 0 fully saturated rings. The summed E-state index contributed by atoms with van der Waals surface area (Å²) in [6, 6.07) is 18.5. The lowest BCUT2D eigenvalue weighted by Crippen LogP contribution is -2.35. The number of aryl methyl sites for hydroxylation is 1. The summed E-state index contributed by atoms with van der Waals surface area (Å²) in [5.41, 5.74) is 2.80. The number of benzene rings is 2. The molecule has 0 unspecified atom stereocenters. The van der Waals surface area contributed by atoms with Crippen LogP contribution in [0, 0.1) is 12.8 Å². The standard InChI is InChI=1S/C26H25N3O3S2/c1-16(2)15-29-25(31)22(27-18-8-6-17(3)7-9-18)23(26(29)32)34-20-12-10-19(11-13-20)28-24(30)21-5-4-14-33-21/h4-14,16,27H,15H2,1-3H3,(H,28,30). The van der Waals surface area contributed by atoms with E-state index < -0.39 is 0 Å². The van der Waals surface area contributed by atoms with Crippen LogP contribution < -0.4 is 10.6 Å². The van der Waals surface area contributed by atoms with Crippen molar-refractivity contribution in [3.63, 3.8) is 0 Å². The Kier molecular flexibility index (Phi) is 7.19. The Morgan fingerprint density at radius 2 is 1.65 bits per heavy atom. The van der Waals surface area contributed by atoms with Crippen LogP contribution in [-0.4, -0.2) is 29.2 Å². The molecule has 1 aromatic heterocycles. The number of carbonyl (C=O) groups excluding carboxylic acids is 3. The number of imide groups is 1. The van der Waals surface area contributed by atoms with Gasteiger partial charge >= 0.3 is 0 Å². The topological polar surface area (TPSA) is 78.5 Å². The molecule has 3 amide bonds. The van der Waals surface area contributed by atoms with Crippen LogP contribution in [0.1, 0.15) is 29.1 Å². The van der Waals surface area contributed by atoms with Gasteiger partial charge in [0.25, 0.3) is 17.7 Å². The number of thioether (sulfide) groups is 1. The second-order valence-corrected chi connectivity index (χ2v) is 10.4. The van der Waals surface area contributed by atoms with Gasteiger partial charge in [-0.3, -0.25) is 19.3 Å². The van der Waals surface area contributed by atoms with Crippen molar-refractivity contribution in [3.8, 4) is 0 Å². The Hall–Kier alpha value is -3.36. The summed E-state index contributed by atoms with van der Waals surface area (Å²) in [6.45, 7) is 6.30. The fourth-order valence-corrected chi connectivity index (χ4v) is 4.96. The molecule has 8 heteroatoms. The molecule has 4 rings (SSSR count). The average Bonchev–Trinajstić information content (AvgIpc) is 3.42. The zero-order chi connectivity index (χ0) is 24.2. The van der Waals surface area contributed by atoms with Crippen molar-refractivity contribution in [1.29, 1.82) is 0 Å². The zero-order valence-electron chi connectivity index (χ0n) is 19.1. The first-order valence-electron chi connectivity index (χ1n) is 10.9. The number of hydrogen-bond acceptors (Lipinski definition) is 6. The van der Waals surface area contributed by atoms with Crippen LogP contribution in [0.2, 0.25) is 0 Å². The Morgan fingerprint density at radius 1 is 0.971 bits per heavy atom. The summed E-state index contributed by atoms with van der Waals surface area (Å²) in [7, 11) is 0. The SMILES string of the molecule is Cc1ccc(NC2=C(Sc3ccc(NC(=O)c4cccs4)cc3)C(=O)N(CC(C)C)C2=O)cc1. The number of anilines is 2. The summed E-state index contributed by atoms with van der Waals surface area (Å²) in [5, 5.41) is 7.88. The number of rotatable bonds is 8. The Morgan fingerprint density at radius 3 is 2.26 bits per heavy atom. The molecule has 2 aromatic carbocycles. The van der Waals surface area contributed by atoms with Gasteiger partial charge in [0.1, 0.15) is 10.6 Å². The van der Waals surface area contributed by atoms with Gasteiger partial charge in [0.2, 0.25) is 0 Å². The van der Waals surface area contributed by atoms with Crippen molar-refractivity contribution < 1.29 is 14.4 Å². The maximum atomic E-state index is 13.2. The molecule has 0 bridgehead atoms. The lowest BCUT2D eigenvalue weighted by Gasteiger charge is -2.17. The fraction of sp³-hybridized carbons (Fsp3) is 0.192. The maximum Gasteiger partial charge on any atom is 0.278 e. The van der Waals surface area contributed by atoms with Gasteiger partial charge in [0.15, 0.2) is 0 Å². The van der Waals surface area contributed by atoms with Crippen LogP contribution in [0.3, 0.4) is 0 Å². The predicted octanol–water partition coefficient (Wildman–Crippen LogP) is 5.75. The molecular weight excluding hydrogens is 466 g/mol. The number of thiophene rings is 1. The molecule has 174 valence electrons. The number of nitrogens with zero attached hydrogens (tertiary/aromatic N) is 1. The third-order valence-corrected chi connectivity index (χ3v) is 7.03. The summed E-state index contributed by atoms with van der Waals surface area (Å²) >= 11 is 2.62. The number of carbonyl (C=O) groups is 3. The third kappa shape index (κ3) is 5.40. The van der Waals surface area contributed by atoms with E-state index in [1.807, 2.05) is 68.6 Å². The van der Waals surface area contributed by atoms with E-state index in [4.69, 9.17) is 0 Å². The highest BCUT2D eigenvalue weighted by molar-refractivity contribution is 8.04. The van der Waals surface area contributed by atoms with E-state index in [2.05, 4.69) is 10.6 Å². The van der Waals surface area contributed by atoms with E-state index in [1.54, 1.807) is 18.2 Å². The molecule has 2 heterocycles. The number of amides is 3. The smallest absolute Gasteiger partial charge is 0.278 e. The molecule has 1 aliphatic heterocycles. The molecule has 2 N–H and O–H groups in total. The number of hydrogen-bond donors (Lipinski definition) is 2. The highest BCUT2D eigenvalue weighted by Crippen LogP contribution is 2.36. The monoisotopic (exact) mass is 491 g/mol. The van der Waals surface area contributed by atoms with Gasteiger partial charge in [0, 0.05) is 22.8 Å². The minimum absolute atomic E-state index is 0.157. The van der Waals surface area contributed by atoms with Crippen LogP contribution in [-0.2, 0) is 9.59 Å². The third-order valence-electron chi connectivity index (χ3n) is 5.07. The predicted molar refractivity (Wildman–Crippen MR) is 138 cm³/mol. The molecule has 0 radical (unpaired) electrons. The molecule has 0 saturated heterocycles. The Labute approximate surface area is 207 Å². The number of nitrogens with one attached hydrogen (secondary N) is 2. The van der Waals surface area contributed by atoms with Crippen LogP contribution in [0.4, 0.5) is 11.4 Å². The Bertz CT molecular complexity index is 1230. The summed E-state index contributed by atoms with van der Waals surface area (Å²) < 4.78 is 0. The summed E-state index contributed by atoms with van der Waals surface area (Å²) in [5.74, 6) is -0.623.